The molecule has 1 N–H and O–H groups in total. The maximum atomic E-state index is 13.5. The van der Waals surface area contributed by atoms with E-state index in [0.29, 0.717) is 12.1 Å². The first-order valence-corrected chi connectivity index (χ1v) is 6.94. The Morgan fingerprint density at radius 3 is 2.55 bits per heavy atom. The summed E-state index contributed by atoms with van der Waals surface area (Å²) in [5, 5.41) is 3.11. The molecule has 0 atom stereocenters. The van der Waals surface area contributed by atoms with Crippen molar-refractivity contribution in [3.8, 4) is 5.69 Å². The molecule has 0 fully saturated rings. The second-order valence-corrected chi connectivity index (χ2v) is 4.98. The van der Waals surface area contributed by atoms with Gasteiger partial charge in [0, 0.05) is 36.7 Å². The van der Waals surface area contributed by atoms with Crippen LogP contribution in [0.1, 0.15) is 11.1 Å². The molecule has 1 aromatic heterocycles. The maximum Gasteiger partial charge on any atom is 0.127 e. The Morgan fingerprint density at radius 1 is 1.00 bits per heavy atom. The highest BCUT2D eigenvalue weighted by Crippen LogP contribution is 2.11. The lowest BCUT2D eigenvalue weighted by Crippen LogP contribution is -2.14. The molecule has 0 bridgehead atoms. The lowest BCUT2D eigenvalue weighted by Gasteiger charge is -2.08. The first-order chi connectivity index (χ1) is 10.7. The molecule has 0 aliphatic rings. The number of rotatable bonds is 5. The minimum absolute atomic E-state index is 0.285. The minimum atomic E-state index is -0.428. The number of nitrogens with one attached hydrogen (secondary N) is 1. The largest absolute Gasteiger partial charge is 0.309 e. The van der Waals surface area contributed by atoms with Gasteiger partial charge < -0.3 is 9.88 Å². The molecule has 0 radical (unpaired) electrons. The van der Waals surface area contributed by atoms with Gasteiger partial charge in [-0.05, 0) is 35.9 Å². The molecule has 0 aliphatic carbocycles. The van der Waals surface area contributed by atoms with Crippen LogP contribution in [0.25, 0.3) is 5.69 Å². The summed E-state index contributed by atoms with van der Waals surface area (Å²) in [5.41, 5.74) is 2.42. The van der Waals surface area contributed by atoms with E-state index in [9.17, 15) is 8.78 Å². The molecule has 0 unspecified atom stereocenters. The highest BCUT2D eigenvalue weighted by molar-refractivity contribution is 5.34. The molecule has 3 aromatic rings. The Hall–Kier alpha value is -2.53. The number of nitrogens with zero attached hydrogens (tertiary/aromatic N) is 2. The van der Waals surface area contributed by atoms with Crippen molar-refractivity contribution >= 4 is 0 Å². The molecular weight excluding hydrogens is 284 g/mol. The van der Waals surface area contributed by atoms with Gasteiger partial charge in [0.1, 0.15) is 11.6 Å². The Kier molecular flexibility index (Phi) is 4.25. The monoisotopic (exact) mass is 299 g/mol. The second kappa shape index (κ2) is 6.49. The van der Waals surface area contributed by atoms with Crippen LogP contribution in [0.5, 0.6) is 0 Å². The van der Waals surface area contributed by atoms with Gasteiger partial charge in [-0.3, -0.25) is 0 Å². The summed E-state index contributed by atoms with van der Waals surface area (Å²) < 4.78 is 28.5. The lowest BCUT2D eigenvalue weighted by atomic mass is 10.1. The third-order valence-electron chi connectivity index (χ3n) is 3.39. The Labute approximate surface area is 127 Å². The quantitative estimate of drug-likeness (QED) is 0.782. The average Bonchev–Trinajstić information content (AvgIpc) is 3.06. The molecular formula is C17H15F2N3. The van der Waals surface area contributed by atoms with Crippen LogP contribution in [0.15, 0.2) is 61.2 Å². The molecule has 0 amide bonds. The molecule has 3 nitrogen and oxygen atoms in total. The van der Waals surface area contributed by atoms with Crippen molar-refractivity contribution in [1.29, 1.82) is 0 Å². The summed E-state index contributed by atoms with van der Waals surface area (Å²) in [6, 6.07) is 11.4. The Balaban J connectivity index is 1.59. The average molecular weight is 299 g/mol. The fraction of sp³-hybridized carbons (Fsp3) is 0.118. The molecule has 3 rings (SSSR count). The highest BCUT2D eigenvalue weighted by atomic mass is 19.1. The second-order valence-electron chi connectivity index (χ2n) is 4.98. The molecule has 22 heavy (non-hydrogen) atoms. The number of halogens is 2. The van der Waals surface area contributed by atoms with E-state index in [1.807, 2.05) is 35.0 Å². The first kappa shape index (κ1) is 14.4. The number of benzene rings is 2. The van der Waals surface area contributed by atoms with Crippen molar-refractivity contribution in [3.05, 3.63) is 83.9 Å². The van der Waals surface area contributed by atoms with Gasteiger partial charge in [0.2, 0.25) is 0 Å². The van der Waals surface area contributed by atoms with Crippen molar-refractivity contribution in [2.45, 2.75) is 13.1 Å². The zero-order valence-corrected chi connectivity index (χ0v) is 11.8. The van der Waals surface area contributed by atoms with Crippen molar-refractivity contribution in [1.82, 2.24) is 14.9 Å². The van der Waals surface area contributed by atoms with E-state index >= 15 is 0 Å². The van der Waals surface area contributed by atoms with Crippen LogP contribution >= 0.6 is 0 Å². The van der Waals surface area contributed by atoms with E-state index in [1.165, 1.54) is 6.07 Å². The van der Waals surface area contributed by atoms with Gasteiger partial charge in [-0.25, -0.2) is 13.8 Å². The molecule has 0 saturated carbocycles. The summed E-state index contributed by atoms with van der Waals surface area (Å²) in [4.78, 5) is 4.00. The fourth-order valence-electron chi connectivity index (χ4n) is 2.22. The van der Waals surface area contributed by atoms with Crippen LogP contribution in [0.3, 0.4) is 0 Å². The number of hydrogen-bond donors (Lipinski definition) is 1. The molecule has 2 aromatic carbocycles. The normalized spacial score (nSPS) is 10.8. The lowest BCUT2D eigenvalue weighted by molar-refractivity contribution is 0.568. The van der Waals surface area contributed by atoms with Gasteiger partial charge in [0.25, 0.3) is 0 Å². The summed E-state index contributed by atoms with van der Waals surface area (Å²) in [6.45, 7) is 0.868. The van der Waals surface area contributed by atoms with Gasteiger partial charge >= 0.3 is 0 Å². The van der Waals surface area contributed by atoms with Crippen molar-refractivity contribution in [2.24, 2.45) is 0 Å². The van der Waals surface area contributed by atoms with Crippen LogP contribution in [0.2, 0.25) is 0 Å². The van der Waals surface area contributed by atoms with Gasteiger partial charge in [-0.1, -0.05) is 12.1 Å². The van der Waals surface area contributed by atoms with Crippen molar-refractivity contribution < 1.29 is 8.78 Å². The Morgan fingerprint density at radius 2 is 1.82 bits per heavy atom. The van der Waals surface area contributed by atoms with Gasteiger partial charge in [0.05, 0.1) is 6.33 Å². The SMILES string of the molecule is Fc1ccc(F)c(CNCc2ccc(-n3ccnc3)cc2)c1. The molecule has 0 aliphatic heterocycles. The van der Waals surface area contributed by atoms with E-state index in [-0.39, 0.29) is 6.54 Å². The standard InChI is InChI=1S/C17H15F2N3/c18-15-3-6-17(19)14(9-15)11-21-10-13-1-4-16(5-2-13)22-8-7-20-12-22/h1-9,12,21H,10-11H2. The zero-order chi connectivity index (χ0) is 15.4. The Bertz CT molecular complexity index is 737. The summed E-state index contributed by atoms with van der Waals surface area (Å²) in [6.07, 6.45) is 5.34. The molecule has 0 saturated heterocycles. The molecule has 112 valence electrons. The van der Waals surface area contributed by atoms with Crippen LogP contribution in [-0.2, 0) is 13.1 Å². The summed E-state index contributed by atoms with van der Waals surface area (Å²) in [5.74, 6) is -0.827. The van der Waals surface area contributed by atoms with E-state index in [0.717, 1.165) is 23.4 Å². The minimum Gasteiger partial charge on any atom is -0.309 e. The number of hydrogen-bond acceptors (Lipinski definition) is 2. The number of imidazole rings is 1. The molecule has 5 heteroatoms. The highest BCUT2D eigenvalue weighted by Gasteiger charge is 2.03. The fourth-order valence-corrected chi connectivity index (χ4v) is 2.22. The van der Waals surface area contributed by atoms with Crippen LogP contribution < -0.4 is 5.32 Å². The van der Waals surface area contributed by atoms with Crippen LogP contribution in [-0.4, -0.2) is 9.55 Å². The van der Waals surface area contributed by atoms with Crippen LogP contribution in [0.4, 0.5) is 8.78 Å². The van der Waals surface area contributed by atoms with E-state index < -0.39 is 11.6 Å². The van der Waals surface area contributed by atoms with Gasteiger partial charge in [-0.2, -0.15) is 0 Å². The predicted octanol–water partition coefficient (Wildman–Crippen LogP) is 3.44. The third-order valence-corrected chi connectivity index (χ3v) is 3.39. The van der Waals surface area contributed by atoms with E-state index in [1.54, 1.807) is 12.5 Å². The third kappa shape index (κ3) is 3.38. The summed E-state index contributed by atoms with van der Waals surface area (Å²) in [7, 11) is 0. The maximum absolute atomic E-state index is 13.5. The zero-order valence-electron chi connectivity index (χ0n) is 11.8. The topological polar surface area (TPSA) is 29.9 Å². The van der Waals surface area contributed by atoms with Crippen molar-refractivity contribution in [2.75, 3.05) is 0 Å². The predicted molar refractivity (Wildman–Crippen MR) is 80.5 cm³/mol. The van der Waals surface area contributed by atoms with E-state index in [2.05, 4.69) is 10.3 Å². The van der Waals surface area contributed by atoms with Gasteiger partial charge in [0.15, 0.2) is 0 Å². The number of aromatic nitrogens is 2. The summed E-state index contributed by atoms with van der Waals surface area (Å²) >= 11 is 0. The molecule has 1 heterocycles. The van der Waals surface area contributed by atoms with Gasteiger partial charge in [-0.15, -0.1) is 0 Å². The van der Waals surface area contributed by atoms with Crippen molar-refractivity contribution in [3.63, 3.8) is 0 Å². The van der Waals surface area contributed by atoms with Crippen LogP contribution in [0, 0.1) is 11.6 Å². The molecule has 0 spiro atoms. The first-order valence-electron chi connectivity index (χ1n) is 6.94. The smallest absolute Gasteiger partial charge is 0.127 e. The van der Waals surface area contributed by atoms with E-state index in [4.69, 9.17) is 0 Å².